The molecule has 12 heteroatoms. The molecule has 0 radical (unpaired) electrons. The molecule has 2 N–H and O–H groups in total. The standard InChI is InChI=1S/C16H13F3N6O3/c17-16(18,19)10-4-5-11(12(9-10)25(27)28)20-7-6-14(26)21-15-23-22-13-3-1-2-8-24(13)15/h1-5,8-9,20H,6-7H2,(H,21,23,26). The van der Waals surface area contributed by atoms with E-state index in [-0.39, 0.29) is 24.6 Å². The van der Waals surface area contributed by atoms with E-state index in [0.29, 0.717) is 11.7 Å². The number of nitrogens with zero attached hydrogens (tertiary/aromatic N) is 4. The molecule has 3 aromatic rings. The lowest BCUT2D eigenvalue weighted by Crippen LogP contribution is -2.18. The number of amides is 1. The first-order valence-corrected chi connectivity index (χ1v) is 7.95. The van der Waals surface area contributed by atoms with Crippen molar-refractivity contribution in [3.8, 4) is 0 Å². The highest BCUT2D eigenvalue weighted by atomic mass is 19.4. The van der Waals surface area contributed by atoms with Gasteiger partial charge < -0.3 is 5.32 Å². The fourth-order valence-corrected chi connectivity index (χ4v) is 2.43. The molecule has 0 spiro atoms. The number of hydrogen-bond donors (Lipinski definition) is 2. The van der Waals surface area contributed by atoms with Crippen molar-refractivity contribution in [3.63, 3.8) is 0 Å². The van der Waals surface area contributed by atoms with Gasteiger partial charge in [-0.1, -0.05) is 6.07 Å². The molecule has 0 saturated heterocycles. The van der Waals surface area contributed by atoms with Gasteiger partial charge in [-0.05, 0) is 24.3 Å². The Morgan fingerprint density at radius 1 is 1.21 bits per heavy atom. The smallest absolute Gasteiger partial charge is 0.379 e. The van der Waals surface area contributed by atoms with E-state index in [0.717, 1.165) is 12.1 Å². The van der Waals surface area contributed by atoms with E-state index in [4.69, 9.17) is 0 Å². The van der Waals surface area contributed by atoms with Crippen LogP contribution in [-0.4, -0.2) is 32.0 Å². The van der Waals surface area contributed by atoms with Crippen molar-refractivity contribution >= 4 is 28.9 Å². The molecule has 0 atom stereocenters. The summed E-state index contributed by atoms with van der Waals surface area (Å²) >= 11 is 0. The Morgan fingerprint density at radius 3 is 2.71 bits per heavy atom. The number of rotatable bonds is 6. The van der Waals surface area contributed by atoms with E-state index in [1.807, 2.05) is 0 Å². The molecule has 0 saturated carbocycles. The van der Waals surface area contributed by atoms with Crippen LogP contribution in [-0.2, 0) is 11.0 Å². The Balaban J connectivity index is 1.63. The van der Waals surface area contributed by atoms with E-state index < -0.39 is 28.3 Å². The number of fused-ring (bicyclic) bond motifs is 1. The Bertz CT molecular complexity index is 1030. The summed E-state index contributed by atoms with van der Waals surface area (Å²) in [4.78, 5) is 22.2. The largest absolute Gasteiger partial charge is 0.416 e. The number of nitro groups is 1. The third kappa shape index (κ3) is 4.16. The predicted molar refractivity (Wildman–Crippen MR) is 92.8 cm³/mol. The fourth-order valence-electron chi connectivity index (χ4n) is 2.43. The quantitative estimate of drug-likeness (QED) is 0.490. The van der Waals surface area contributed by atoms with Crippen LogP contribution in [0.3, 0.4) is 0 Å². The minimum Gasteiger partial charge on any atom is -0.379 e. The lowest BCUT2D eigenvalue weighted by atomic mass is 10.1. The maximum absolute atomic E-state index is 12.7. The molecule has 2 heterocycles. The molecule has 1 aromatic carbocycles. The summed E-state index contributed by atoms with van der Waals surface area (Å²) in [6.07, 6.45) is -3.13. The first kappa shape index (κ1) is 19.1. The first-order valence-electron chi connectivity index (χ1n) is 7.95. The van der Waals surface area contributed by atoms with Crippen LogP contribution in [0.2, 0.25) is 0 Å². The van der Waals surface area contributed by atoms with E-state index in [9.17, 15) is 28.1 Å². The number of nitro benzene ring substituents is 1. The van der Waals surface area contributed by atoms with Crippen LogP contribution in [0, 0.1) is 10.1 Å². The number of halogens is 3. The number of hydrogen-bond acceptors (Lipinski definition) is 6. The SMILES string of the molecule is O=C(CCNc1ccc(C(F)(F)F)cc1[N+](=O)[O-])Nc1nnc2ccccn12. The molecule has 28 heavy (non-hydrogen) atoms. The number of nitrogens with one attached hydrogen (secondary N) is 2. The van der Waals surface area contributed by atoms with Crippen molar-refractivity contribution < 1.29 is 22.9 Å². The summed E-state index contributed by atoms with van der Waals surface area (Å²) in [6.45, 7) is -0.0330. The highest BCUT2D eigenvalue weighted by molar-refractivity contribution is 5.89. The summed E-state index contributed by atoms with van der Waals surface area (Å²) in [5.74, 6) is -0.235. The second-order valence-corrected chi connectivity index (χ2v) is 5.66. The van der Waals surface area contributed by atoms with Crippen LogP contribution in [0.4, 0.5) is 30.5 Å². The third-order valence-electron chi connectivity index (χ3n) is 3.75. The monoisotopic (exact) mass is 394 g/mol. The summed E-state index contributed by atoms with van der Waals surface area (Å²) < 4.78 is 39.7. The Labute approximate surface area is 155 Å². The van der Waals surface area contributed by atoms with Gasteiger partial charge in [0.15, 0.2) is 5.65 Å². The number of anilines is 2. The van der Waals surface area contributed by atoms with Gasteiger partial charge in [0, 0.05) is 25.2 Å². The highest BCUT2D eigenvalue weighted by Gasteiger charge is 2.33. The lowest BCUT2D eigenvalue weighted by Gasteiger charge is -2.10. The Morgan fingerprint density at radius 2 is 2.00 bits per heavy atom. The molecule has 1 amide bonds. The van der Waals surface area contributed by atoms with Crippen LogP contribution in [0.5, 0.6) is 0 Å². The number of carbonyl (C=O) groups excluding carboxylic acids is 1. The zero-order chi connectivity index (χ0) is 20.3. The molecule has 0 fully saturated rings. The summed E-state index contributed by atoms with van der Waals surface area (Å²) in [5, 5.41) is 23.9. The van der Waals surface area contributed by atoms with Gasteiger partial charge in [-0.25, -0.2) is 0 Å². The maximum atomic E-state index is 12.7. The van der Waals surface area contributed by atoms with E-state index in [1.54, 1.807) is 28.8 Å². The van der Waals surface area contributed by atoms with Gasteiger partial charge in [0.25, 0.3) is 5.69 Å². The van der Waals surface area contributed by atoms with Gasteiger partial charge in [0.05, 0.1) is 10.5 Å². The van der Waals surface area contributed by atoms with Crippen LogP contribution < -0.4 is 10.6 Å². The summed E-state index contributed by atoms with van der Waals surface area (Å²) in [5.41, 5.74) is -1.42. The van der Waals surface area contributed by atoms with Crippen molar-refractivity contribution in [1.29, 1.82) is 0 Å². The lowest BCUT2D eigenvalue weighted by molar-refractivity contribution is -0.384. The predicted octanol–water partition coefficient (Wildman–Crippen LogP) is 3.10. The van der Waals surface area contributed by atoms with Crippen LogP contribution in [0.1, 0.15) is 12.0 Å². The molecular weight excluding hydrogens is 381 g/mol. The number of alkyl halides is 3. The molecule has 0 aliphatic heterocycles. The second-order valence-electron chi connectivity index (χ2n) is 5.66. The highest BCUT2D eigenvalue weighted by Crippen LogP contribution is 2.34. The van der Waals surface area contributed by atoms with Crippen LogP contribution in [0.25, 0.3) is 5.65 Å². The van der Waals surface area contributed by atoms with Crippen molar-refractivity contribution in [2.75, 3.05) is 17.2 Å². The van der Waals surface area contributed by atoms with Gasteiger partial charge in [0.2, 0.25) is 11.9 Å². The molecule has 0 aliphatic rings. The maximum Gasteiger partial charge on any atom is 0.416 e. The van der Waals surface area contributed by atoms with Crippen LogP contribution >= 0.6 is 0 Å². The van der Waals surface area contributed by atoms with Gasteiger partial charge in [-0.15, -0.1) is 10.2 Å². The summed E-state index contributed by atoms with van der Waals surface area (Å²) in [7, 11) is 0. The van der Waals surface area contributed by atoms with Crippen molar-refractivity contribution in [1.82, 2.24) is 14.6 Å². The zero-order valence-corrected chi connectivity index (χ0v) is 14.1. The number of benzene rings is 1. The molecule has 146 valence electrons. The van der Waals surface area contributed by atoms with Gasteiger partial charge in [-0.2, -0.15) is 13.2 Å². The third-order valence-corrected chi connectivity index (χ3v) is 3.75. The van der Waals surface area contributed by atoms with Crippen molar-refractivity contribution in [3.05, 3.63) is 58.3 Å². The van der Waals surface area contributed by atoms with Gasteiger partial charge in [-0.3, -0.25) is 24.6 Å². The van der Waals surface area contributed by atoms with Gasteiger partial charge >= 0.3 is 6.18 Å². The normalized spacial score (nSPS) is 11.4. The molecular formula is C16H13F3N6O3. The average Bonchev–Trinajstić information content (AvgIpc) is 3.04. The molecule has 9 nitrogen and oxygen atoms in total. The van der Waals surface area contributed by atoms with Gasteiger partial charge in [0.1, 0.15) is 5.69 Å². The van der Waals surface area contributed by atoms with Crippen LogP contribution in [0.15, 0.2) is 42.6 Å². The second kappa shape index (κ2) is 7.50. The number of carbonyl (C=O) groups is 1. The Kier molecular flexibility index (Phi) is 5.11. The number of pyridine rings is 1. The number of aromatic nitrogens is 3. The first-order chi connectivity index (χ1) is 13.3. The zero-order valence-electron chi connectivity index (χ0n) is 14.1. The Hall–Kier alpha value is -3.70. The topological polar surface area (TPSA) is 114 Å². The molecule has 0 unspecified atom stereocenters. The van der Waals surface area contributed by atoms with Crippen molar-refractivity contribution in [2.24, 2.45) is 0 Å². The van der Waals surface area contributed by atoms with Crippen molar-refractivity contribution in [2.45, 2.75) is 12.6 Å². The van der Waals surface area contributed by atoms with E-state index >= 15 is 0 Å². The summed E-state index contributed by atoms with van der Waals surface area (Å²) in [6, 6.07) is 7.34. The minimum atomic E-state index is -4.69. The molecule has 3 rings (SSSR count). The molecule has 0 aliphatic carbocycles. The molecule has 2 aromatic heterocycles. The fraction of sp³-hybridized carbons (Fsp3) is 0.188. The minimum absolute atomic E-state index is 0.0330. The van der Waals surface area contributed by atoms with E-state index in [2.05, 4.69) is 20.8 Å². The molecule has 0 bridgehead atoms. The van der Waals surface area contributed by atoms with E-state index in [1.165, 1.54) is 0 Å². The average molecular weight is 394 g/mol.